The van der Waals surface area contributed by atoms with Crippen LogP contribution in [0, 0.1) is 6.92 Å². The number of carbonyl (C=O) groups is 1. The summed E-state index contributed by atoms with van der Waals surface area (Å²) in [5, 5.41) is 19.3. The number of phenolic OH excluding ortho intramolecular Hbond substituents is 1. The summed E-state index contributed by atoms with van der Waals surface area (Å²) in [5.41, 5.74) is 4.28. The Morgan fingerprint density at radius 1 is 0.923 bits per heavy atom. The van der Waals surface area contributed by atoms with Gasteiger partial charge in [-0.25, -0.2) is 0 Å². The molecule has 1 aliphatic heterocycles. The molecule has 1 aromatic heterocycles. The van der Waals surface area contributed by atoms with Crippen LogP contribution in [0.25, 0.3) is 11.3 Å². The fraction of sp³-hybridized carbons (Fsp3) is 0.0968. The predicted octanol–water partition coefficient (Wildman–Crippen LogP) is 7.94. The first-order valence-electron chi connectivity index (χ1n) is 12.4. The molecule has 39 heavy (non-hydrogen) atoms. The fourth-order valence-corrected chi connectivity index (χ4v) is 5.31. The molecule has 5 aromatic rings. The smallest absolute Gasteiger partial charge is 0.273 e. The Hall–Kier alpha value is -4.26. The molecule has 2 heterocycles. The molecule has 2 N–H and O–H groups in total. The molecule has 0 saturated heterocycles. The van der Waals surface area contributed by atoms with Gasteiger partial charge in [0.1, 0.15) is 28.6 Å². The molecule has 1 unspecified atom stereocenters. The normalized spacial score (nSPS) is 14.5. The van der Waals surface area contributed by atoms with Crippen LogP contribution < -0.4 is 4.74 Å². The van der Waals surface area contributed by atoms with E-state index in [4.69, 9.17) is 27.9 Å². The van der Waals surface area contributed by atoms with Crippen LogP contribution in [0.2, 0.25) is 10.0 Å². The van der Waals surface area contributed by atoms with E-state index < -0.39 is 6.04 Å². The van der Waals surface area contributed by atoms with Gasteiger partial charge in [0, 0.05) is 27.7 Å². The van der Waals surface area contributed by atoms with E-state index >= 15 is 0 Å². The topological polar surface area (TPSA) is 78.5 Å². The standard InChI is InChI=1S/C31H23Cl2N3O3/c1-18-14-26(37)23(16-25(18)33)28-27-29(35-34-28)31(38)36(17-20-8-5-6-13-24(20)32)30(27)19-9-7-12-22(15-19)39-21-10-3-2-4-11-21/h2-16,30,37H,17H2,1H3,(H,34,35). The number of hydrogen-bond donors (Lipinski definition) is 2. The largest absolute Gasteiger partial charge is 0.507 e. The summed E-state index contributed by atoms with van der Waals surface area (Å²) >= 11 is 12.9. The van der Waals surface area contributed by atoms with E-state index in [0.29, 0.717) is 44.1 Å². The number of nitrogens with zero attached hydrogens (tertiary/aromatic N) is 2. The van der Waals surface area contributed by atoms with E-state index in [-0.39, 0.29) is 18.2 Å². The lowest BCUT2D eigenvalue weighted by molar-refractivity contribution is 0.0730. The van der Waals surface area contributed by atoms with E-state index in [0.717, 1.165) is 16.7 Å². The first-order valence-corrected chi connectivity index (χ1v) is 13.1. The Morgan fingerprint density at radius 2 is 1.67 bits per heavy atom. The number of hydrogen-bond acceptors (Lipinski definition) is 4. The Balaban J connectivity index is 1.49. The number of para-hydroxylation sites is 1. The molecule has 0 fully saturated rings. The van der Waals surface area contributed by atoms with Crippen molar-refractivity contribution in [3.63, 3.8) is 0 Å². The van der Waals surface area contributed by atoms with Gasteiger partial charge in [-0.15, -0.1) is 0 Å². The van der Waals surface area contributed by atoms with Gasteiger partial charge in [0.25, 0.3) is 5.91 Å². The van der Waals surface area contributed by atoms with Crippen molar-refractivity contribution in [3.05, 3.63) is 129 Å². The molecule has 194 valence electrons. The van der Waals surface area contributed by atoms with E-state index in [2.05, 4.69) is 10.2 Å². The SMILES string of the molecule is Cc1cc(O)c(-c2n[nH]c3c2C(c2cccc(Oc4ccccc4)c2)N(Cc2ccccc2Cl)C3=O)cc1Cl. The molecular formula is C31H23Cl2N3O3. The number of benzene rings is 4. The van der Waals surface area contributed by atoms with Gasteiger partial charge < -0.3 is 14.7 Å². The van der Waals surface area contributed by atoms with E-state index in [1.807, 2.05) is 79.7 Å². The number of H-pyrrole nitrogens is 1. The number of fused-ring (bicyclic) bond motifs is 1. The first kappa shape index (κ1) is 25.0. The summed E-state index contributed by atoms with van der Waals surface area (Å²) < 4.78 is 6.10. The average molecular weight is 556 g/mol. The van der Waals surface area contributed by atoms with Gasteiger partial charge in [0.2, 0.25) is 0 Å². The van der Waals surface area contributed by atoms with Crippen LogP contribution in [0.4, 0.5) is 0 Å². The maximum Gasteiger partial charge on any atom is 0.273 e. The minimum absolute atomic E-state index is 0.0307. The number of nitrogens with one attached hydrogen (secondary N) is 1. The van der Waals surface area contributed by atoms with Crippen molar-refractivity contribution >= 4 is 29.1 Å². The number of aryl methyl sites for hydroxylation is 1. The predicted molar refractivity (Wildman–Crippen MR) is 152 cm³/mol. The minimum Gasteiger partial charge on any atom is -0.507 e. The molecule has 6 nitrogen and oxygen atoms in total. The Labute approximate surface area is 235 Å². The second-order valence-corrected chi connectivity index (χ2v) is 10.2. The molecule has 0 spiro atoms. The van der Waals surface area contributed by atoms with Crippen LogP contribution in [-0.2, 0) is 6.54 Å². The number of amides is 1. The van der Waals surface area contributed by atoms with Crippen LogP contribution in [0.3, 0.4) is 0 Å². The summed E-state index contributed by atoms with van der Waals surface area (Å²) in [7, 11) is 0. The van der Waals surface area contributed by atoms with Gasteiger partial charge in [0.05, 0.1) is 6.04 Å². The third-order valence-corrected chi connectivity index (χ3v) is 7.62. The lowest BCUT2D eigenvalue weighted by Gasteiger charge is -2.27. The van der Waals surface area contributed by atoms with Gasteiger partial charge in [0.15, 0.2) is 0 Å². The van der Waals surface area contributed by atoms with Crippen molar-refractivity contribution in [1.82, 2.24) is 15.1 Å². The Bertz CT molecular complexity index is 1700. The lowest BCUT2D eigenvalue weighted by atomic mass is 9.95. The number of ether oxygens (including phenoxy) is 1. The van der Waals surface area contributed by atoms with Gasteiger partial charge >= 0.3 is 0 Å². The number of aromatic amines is 1. The van der Waals surface area contributed by atoms with Crippen LogP contribution in [0.1, 0.15) is 38.8 Å². The van der Waals surface area contributed by atoms with Crippen molar-refractivity contribution in [1.29, 1.82) is 0 Å². The zero-order chi connectivity index (χ0) is 27.1. The fourth-order valence-electron chi connectivity index (χ4n) is 4.95. The zero-order valence-electron chi connectivity index (χ0n) is 20.9. The summed E-state index contributed by atoms with van der Waals surface area (Å²) in [6, 6.07) is 27.3. The van der Waals surface area contributed by atoms with Gasteiger partial charge in [-0.3, -0.25) is 9.89 Å². The Kier molecular flexibility index (Phi) is 6.51. The van der Waals surface area contributed by atoms with Crippen molar-refractivity contribution < 1.29 is 14.6 Å². The second-order valence-electron chi connectivity index (χ2n) is 9.39. The van der Waals surface area contributed by atoms with Gasteiger partial charge in [-0.1, -0.05) is 71.7 Å². The monoisotopic (exact) mass is 555 g/mol. The maximum absolute atomic E-state index is 13.8. The van der Waals surface area contributed by atoms with Gasteiger partial charge in [-0.2, -0.15) is 5.10 Å². The summed E-state index contributed by atoms with van der Waals surface area (Å²) in [5.74, 6) is 1.14. The quantitative estimate of drug-likeness (QED) is 0.223. The number of halogens is 2. The van der Waals surface area contributed by atoms with Crippen LogP contribution in [0.15, 0.2) is 91.0 Å². The lowest BCUT2D eigenvalue weighted by Crippen LogP contribution is -2.29. The third-order valence-electron chi connectivity index (χ3n) is 6.85. The molecule has 1 amide bonds. The number of aromatic nitrogens is 2. The van der Waals surface area contributed by atoms with Crippen molar-refractivity contribution in [2.24, 2.45) is 0 Å². The third kappa shape index (κ3) is 4.62. The highest BCUT2D eigenvalue weighted by molar-refractivity contribution is 6.32. The molecule has 1 atom stereocenters. The van der Waals surface area contributed by atoms with E-state index in [1.165, 1.54) is 0 Å². The molecule has 8 heteroatoms. The molecule has 0 saturated carbocycles. The van der Waals surface area contributed by atoms with Crippen molar-refractivity contribution in [3.8, 4) is 28.5 Å². The maximum atomic E-state index is 13.8. The number of aromatic hydroxyl groups is 1. The second kappa shape index (κ2) is 10.1. The molecule has 4 aromatic carbocycles. The summed E-state index contributed by atoms with van der Waals surface area (Å²) in [6.07, 6.45) is 0. The van der Waals surface area contributed by atoms with E-state index in [9.17, 15) is 9.90 Å². The molecule has 6 rings (SSSR count). The highest BCUT2D eigenvalue weighted by atomic mass is 35.5. The van der Waals surface area contributed by atoms with Crippen molar-refractivity contribution in [2.75, 3.05) is 0 Å². The highest BCUT2D eigenvalue weighted by Gasteiger charge is 2.43. The summed E-state index contributed by atoms with van der Waals surface area (Å²) in [4.78, 5) is 15.6. The molecule has 0 bridgehead atoms. The molecule has 0 aliphatic carbocycles. The molecule has 0 radical (unpaired) electrons. The molecular weight excluding hydrogens is 533 g/mol. The first-order chi connectivity index (χ1) is 18.9. The van der Waals surface area contributed by atoms with Crippen LogP contribution in [-0.4, -0.2) is 26.1 Å². The average Bonchev–Trinajstić information content (AvgIpc) is 3.47. The highest BCUT2D eigenvalue weighted by Crippen LogP contribution is 2.46. The van der Waals surface area contributed by atoms with Gasteiger partial charge in [-0.05, 0) is 66.1 Å². The van der Waals surface area contributed by atoms with Crippen LogP contribution >= 0.6 is 23.2 Å². The number of phenols is 1. The zero-order valence-corrected chi connectivity index (χ0v) is 22.4. The van der Waals surface area contributed by atoms with Crippen molar-refractivity contribution in [2.45, 2.75) is 19.5 Å². The Morgan fingerprint density at radius 3 is 2.46 bits per heavy atom. The van der Waals surface area contributed by atoms with Crippen LogP contribution in [0.5, 0.6) is 17.2 Å². The minimum atomic E-state index is -0.531. The molecule has 1 aliphatic rings. The number of carbonyl (C=O) groups excluding carboxylic acids is 1. The number of rotatable bonds is 6. The van der Waals surface area contributed by atoms with E-state index in [1.54, 1.807) is 23.1 Å². The summed E-state index contributed by atoms with van der Waals surface area (Å²) in [6.45, 7) is 2.09.